The van der Waals surface area contributed by atoms with Gasteiger partial charge in [0.2, 0.25) is 0 Å². The maximum absolute atomic E-state index is 13.0. The molecule has 3 aromatic rings. The van der Waals surface area contributed by atoms with Gasteiger partial charge in [-0.2, -0.15) is 9.78 Å². The number of nitrogens with zero attached hydrogens (tertiary/aromatic N) is 3. The quantitative estimate of drug-likeness (QED) is 0.303. The van der Waals surface area contributed by atoms with Crippen LogP contribution >= 0.6 is 47.8 Å². The summed E-state index contributed by atoms with van der Waals surface area (Å²) < 4.78 is 13.4. The first kappa shape index (κ1) is 22.6. The predicted octanol–water partition coefficient (Wildman–Crippen LogP) is 4.68. The van der Waals surface area contributed by atoms with Gasteiger partial charge in [0.25, 0.3) is 5.56 Å². The van der Waals surface area contributed by atoms with Gasteiger partial charge in [0.05, 0.1) is 33.2 Å². The van der Waals surface area contributed by atoms with Crippen molar-refractivity contribution in [3.05, 3.63) is 65.5 Å². The van der Waals surface area contributed by atoms with Crippen LogP contribution in [-0.2, 0) is 16.0 Å². The van der Waals surface area contributed by atoms with Gasteiger partial charge in [-0.3, -0.25) is 4.79 Å². The van der Waals surface area contributed by atoms with Crippen LogP contribution in [0, 0.1) is 0 Å². The Hall–Kier alpha value is -2.04. The molecule has 0 spiro atoms. The number of benzene rings is 2. The Bertz CT molecular complexity index is 1180. The predicted molar refractivity (Wildman–Crippen MR) is 125 cm³/mol. The van der Waals surface area contributed by atoms with Gasteiger partial charge in [0.1, 0.15) is 11.6 Å². The van der Waals surface area contributed by atoms with Crippen molar-refractivity contribution >= 4 is 70.9 Å². The number of fused-ring (bicyclic) bond motifs is 1. The summed E-state index contributed by atoms with van der Waals surface area (Å²) in [5.74, 6) is 0.532. The van der Waals surface area contributed by atoms with Gasteiger partial charge in [0.15, 0.2) is 6.61 Å². The Morgan fingerprint density at radius 2 is 1.90 bits per heavy atom. The van der Waals surface area contributed by atoms with E-state index < -0.39 is 5.97 Å². The van der Waals surface area contributed by atoms with Crippen molar-refractivity contribution in [2.75, 3.05) is 13.7 Å². The van der Waals surface area contributed by atoms with Crippen molar-refractivity contribution in [2.24, 2.45) is 5.10 Å². The molecule has 0 fully saturated rings. The van der Waals surface area contributed by atoms with Crippen molar-refractivity contribution < 1.29 is 14.3 Å². The number of hydrogen-bond donors (Lipinski definition) is 0. The van der Waals surface area contributed by atoms with Crippen LogP contribution < -0.4 is 10.3 Å². The normalized spacial score (nSPS) is 11.2. The van der Waals surface area contributed by atoms with Crippen LogP contribution in [0.2, 0.25) is 0 Å². The van der Waals surface area contributed by atoms with Crippen molar-refractivity contribution in [3.8, 4) is 5.75 Å². The van der Waals surface area contributed by atoms with Gasteiger partial charge >= 0.3 is 5.97 Å². The zero-order valence-corrected chi connectivity index (χ0v) is 20.7. The van der Waals surface area contributed by atoms with Crippen molar-refractivity contribution in [1.82, 2.24) is 9.66 Å². The Balaban J connectivity index is 1.97. The van der Waals surface area contributed by atoms with Crippen molar-refractivity contribution in [2.45, 2.75) is 13.3 Å². The van der Waals surface area contributed by atoms with Crippen LogP contribution in [0.15, 0.2) is 53.6 Å². The van der Waals surface area contributed by atoms with E-state index in [1.54, 1.807) is 30.5 Å². The van der Waals surface area contributed by atoms with E-state index in [4.69, 9.17) is 4.74 Å². The third-order valence-electron chi connectivity index (χ3n) is 4.10. The maximum atomic E-state index is 13.0. The molecule has 0 bridgehead atoms. The highest BCUT2D eigenvalue weighted by Crippen LogP contribution is 2.34. The molecule has 10 heteroatoms. The molecular weight excluding hydrogens is 586 g/mol. The first-order chi connectivity index (χ1) is 14.3. The minimum atomic E-state index is -0.485. The molecule has 0 atom stereocenters. The van der Waals surface area contributed by atoms with Gasteiger partial charge in [-0.05, 0) is 67.8 Å². The Labute approximate surface area is 197 Å². The number of aryl methyl sites for hydroxylation is 1. The fourth-order valence-electron chi connectivity index (χ4n) is 2.65. The lowest BCUT2D eigenvalue weighted by Crippen LogP contribution is -2.22. The first-order valence-corrected chi connectivity index (χ1v) is 11.2. The lowest BCUT2D eigenvalue weighted by atomic mass is 10.2. The molecule has 0 radical (unpaired) electrons. The molecule has 0 amide bonds. The van der Waals surface area contributed by atoms with Gasteiger partial charge in [-0.1, -0.05) is 22.9 Å². The Kier molecular flexibility index (Phi) is 7.43. The number of hydrogen-bond acceptors (Lipinski definition) is 6. The van der Waals surface area contributed by atoms with Gasteiger partial charge < -0.3 is 9.47 Å². The summed E-state index contributed by atoms with van der Waals surface area (Å²) in [7, 11) is 1.29. The summed E-state index contributed by atoms with van der Waals surface area (Å²) >= 11 is 10.2. The highest BCUT2D eigenvalue weighted by Gasteiger charge is 2.12. The van der Waals surface area contributed by atoms with Gasteiger partial charge in [-0.15, -0.1) is 0 Å². The minimum Gasteiger partial charge on any atom is -0.480 e. The molecule has 7 nitrogen and oxygen atoms in total. The third-order valence-corrected chi connectivity index (χ3v) is 5.77. The number of ether oxygens (including phenoxy) is 2. The fraction of sp³-hybridized carbons (Fsp3) is 0.200. The third kappa shape index (κ3) is 4.98. The number of halogens is 3. The number of aromatic nitrogens is 2. The summed E-state index contributed by atoms with van der Waals surface area (Å²) in [6, 6.07) is 8.91. The minimum absolute atomic E-state index is 0.214. The summed E-state index contributed by atoms with van der Waals surface area (Å²) in [6.45, 7) is 1.70. The molecule has 0 aliphatic rings. The second-order valence-corrected chi connectivity index (χ2v) is 8.71. The number of methoxy groups -OCH3 is 1. The molecule has 0 saturated carbocycles. The smallest absolute Gasteiger partial charge is 0.343 e. The van der Waals surface area contributed by atoms with E-state index >= 15 is 0 Å². The fourth-order valence-corrected chi connectivity index (χ4v) is 4.46. The van der Waals surface area contributed by atoms with E-state index in [0.717, 1.165) is 4.47 Å². The number of esters is 1. The molecule has 1 heterocycles. The van der Waals surface area contributed by atoms with Crippen LogP contribution in [0.25, 0.3) is 10.9 Å². The molecule has 0 saturated heterocycles. The van der Waals surface area contributed by atoms with E-state index in [9.17, 15) is 9.59 Å². The highest BCUT2D eigenvalue weighted by atomic mass is 79.9. The van der Waals surface area contributed by atoms with E-state index in [2.05, 4.69) is 62.6 Å². The van der Waals surface area contributed by atoms with Crippen molar-refractivity contribution in [1.29, 1.82) is 0 Å². The van der Waals surface area contributed by atoms with E-state index in [1.807, 2.05) is 13.0 Å². The molecule has 0 N–H and O–H groups in total. The van der Waals surface area contributed by atoms with E-state index in [0.29, 0.717) is 43.4 Å². The number of rotatable bonds is 6. The topological polar surface area (TPSA) is 82.8 Å². The van der Waals surface area contributed by atoms with Crippen molar-refractivity contribution in [3.63, 3.8) is 0 Å². The largest absolute Gasteiger partial charge is 0.480 e. The molecule has 1 aromatic heterocycles. The maximum Gasteiger partial charge on any atom is 0.343 e. The molecule has 2 aromatic carbocycles. The molecular formula is C20H16Br3N3O4. The van der Waals surface area contributed by atoms with Crippen LogP contribution in [0.3, 0.4) is 0 Å². The summed E-state index contributed by atoms with van der Waals surface area (Å²) in [5, 5.41) is 4.85. The molecule has 0 unspecified atom stereocenters. The molecule has 30 heavy (non-hydrogen) atoms. The monoisotopic (exact) mass is 599 g/mol. The average molecular weight is 602 g/mol. The van der Waals surface area contributed by atoms with Crippen LogP contribution in [0.4, 0.5) is 0 Å². The highest BCUT2D eigenvalue weighted by molar-refractivity contribution is 9.11. The Morgan fingerprint density at radius 1 is 1.20 bits per heavy atom. The van der Waals surface area contributed by atoms with Gasteiger partial charge in [0, 0.05) is 10.9 Å². The summed E-state index contributed by atoms with van der Waals surface area (Å²) in [4.78, 5) is 28.8. The second kappa shape index (κ2) is 9.84. The second-order valence-electron chi connectivity index (χ2n) is 6.08. The lowest BCUT2D eigenvalue weighted by Gasteiger charge is -2.10. The van der Waals surface area contributed by atoms with Crippen LogP contribution in [-0.4, -0.2) is 35.6 Å². The average Bonchev–Trinajstić information content (AvgIpc) is 2.72. The van der Waals surface area contributed by atoms with Gasteiger partial charge in [-0.25, -0.2) is 9.78 Å². The summed E-state index contributed by atoms with van der Waals surface area (Å²) in [6.07, 6.45) is 2.11. The number of carbonyl (C=O) groups is 1. The Morgan fingerprint density at radius 3 is 2.53 bits per heavy atom. The zero-order chi connectivity index (χ0) is 21.8. The molecule has 156 valence electrons. The summed E-state index contributed by atoms with van der Waals surface area (Å²) in [5.41, 5.74) is 1.09. The molecule has 0 aliphatic heterocycles. The van der Waals surface area contributed by atoms with Crippen LogP contribution in [0.5, 0.6) is 5.75 Å². The zero-order valence-electron chi connectivity index (χ0n) is 16.0. The standard InChI is InChI=1S/C20H16Br3N3O4/c1-3-17-25-16-5-4-12(21)8-13(16)20(28)26(17)24-9-11-6-14(22)19(15(23)7-11)30-10-18(27)29-2/h4-9H,3,10H2,1-2H3. The van der Waals surface area contributed by atoms with E-state index in [-0.39, 0.29) is 12.2 Å². The van der Waals surface area contributed by atoms with Crippen LogP contribution in [0.1, 0.15) is 18.3 Å². The molecule has 3 rings (SSSR count). The number of carbonyl (C=O) groups excluding carboxylic acids is 1. The first-order valence-electron chi connectivity index (χ1n) is 8.78. The SMILES string of the molecule is CCc1nc2ccc(Br)cc2c(=O)n1N=Cc1cc(Br)c(OCC(=O)OC)c(Br)c1. The van der Waals surface area contributed by atoms with E-state index in [1.165, 1.54) is 11.8 Å². The molecule has 0 aliphatic carbocycles. The lowest BCUT2D eigenvalue weighted by molar-refractivity contribution is -0.142.